The maximum absolute atomic E-state index is 12.4. The number of rotatable bonds is 10. The molecular weight excluding hydrogens is 434 g/mol. The highest BCUT2D eigenvalue weighted by Gasteiger charge is 2.14. The number of methoxy groups -OCH3 is 1. The smallest absolute Gasteiger partial charge is 0.234 e. The maximum Gasteiger partial charge on any atom is 0.234 e. The minimum absolute atomic E-state index is 0.168. The number of ether oxygens (including phenoxy) is 1. The molecular formula is C22H24ClN5O2S. The summed E-state index contributed by atoms with van der Waals surface area (Å²) in [6.07, 6.45) is 1.78. The number of carbonyl (C=O) groups is 1. The van der Waals surface area contributed by atoms with Crippen LogP contribution >= 0.6 is 23.4 Å². The van der Waals surface area contributed by atoms with Crippen molar-refractivity contribution < 1.29 is 9.53 Å². The third-order valence-electron chi connectivity index (χ3n) is 4.38. The van der Waals surface area contributed by atoms with Crippen LogP contribution in [0.4, 0.5) is 11.4 Å². The second kappa shape index (κ2) is 10.9. The molecule has 0 atom stereocenters. The Bertz CT molecular complexity index is 1050. The van der Waals surface area contributed by atoms with E-state index in [0.29, 0.717) is 34.7 Å². The molecule has 3 aromatic rings. The van der Waals surface area contributed by atoms with Crippen molar-refractivity contribution in [3.63, 3.8) is 0 Å². The van der Waals surface area contributed by atoms with Gasteiger partial charge in [0.1, 0.15) is 5.75 Å². The van der Waals surface area contributed by atoms with Gasteiger partial charge >= 0.3 is 0 Å². The monoisotopic (exact) mass is 457 g/mol. The molecule has 7 nitrogen and oxygen atoms in total. The average molecular weight is 458 g/mol. The molecule has 1 aromatic heterocycles. The van der Waals surface area contributed by atoms with E-state index in [1.807, 2.05) is 35.8 Å². The molecule has 0 saturated heterocycles. The molecule has 0 aliphatic rings. The SMILES string of the molecule is C=CCn1c(CNc2ccc(C)cc2)nnc1SCC(=O)Nc1ccc(OC)c(Cl)c1. The lowest BCUT2D eigenvalue weighted by molar-refractivity contribution is -0.113. The molecule has 9 heteroatoms. The van der Waals surface area contributed by atoms with Crippen LogP contribution in [0.2, 0.25) is 5.02 Å². The lowest BCUT2D eigenvalue weighted by Crippen LogP contribution is -2.15. The van der Waals surface area contributed by atoms with E-state index < -0.39 is 0 Å². The molecule has 0 bridgehead atoms. The van der Waals surface area contributed by atoms with E-state index in [4.69, 9.17) is 16.3 Å². The molecule has 0 spiro atoms. The quantitative estimate of drug-likeness (QED) is 0.337. The fourth-order valence-electron chi connectivity index (χ4n) is 2.79. The minimum atomic E-state index is -0.168. The van der Waals surface area contributed by atoms with Gasteiger partial charge in [-0.1, -0.05) is 47.1 Å². The third kappa shape index (κ3) is 6.26. The topological polar surface area (TPSA) is 81.1 Å². The van der Waals surface area contributed by atoms with Gasteiger partial charge in [0.25, 0.3) is 0 Å². The summed E-state index contributed by atoms with van der Waals surface area (Å²) in [5.41, 5.74) is 2.81. The van der Waals surface area contributed by atoms with E-state index in [2.05, 4.69) is 27.4 Å². The number of carbonyl (C=O) groups excluding carboxylic acids is 1. The summed E-state index contributed by atoms with van der Waals surface area (Å²) in [5.74, 6) is 1.34. The number of aromatic nitrogens is 3. The van der Waals surface area contributed by atoms with Gasteiger partial charge in [0.2, 0.25) is 5.91 Å². The van der Waals surface area contributed by atoms with Crippen molar-refractivity contribution in [3.8, 4) is 5.75 Å². The molecule has 0 saturated carbocycles. The summed E-state index contributed by atoms with van der Waals surface area (Å²) in [6, 6.07) is 13.2. The van der Waals surface area contributed by atoms with Crippen LogP contribution < -0.4 is 15.4 Å². The van der Waals surface area contributed by atoms with Gasteiger partial charge in [0.15, 0.2) is 11.0 Å². The van der Waals surface area contributed by atoms with E-state index in [1.165, 1.54) is 17.3 Å². The second-order valence-corrected chi connectivity index (χ2v) is 8.05. The number of benzene rings is 2. The first-order valence-corrected chi connectivity index (χ1v) is 11.0. The van der Waals surface area contributed by atoms with Crippen LogP contribution in [-0.2, 0) is 17.9 Å². The predicted octanol–water partition coefficient (Wildman–Crippen LogP) is 4.78. The number of aryl methyl sites for hydroxylation is 1. The number of hydrogen-bond acceptors (Lipinski definition) is 6. The fourth-order valence-corrected chi connectivity index (χ4v) is 3.82. The molecule has 0 radical (unpaired) electrons. The molecule has 1 heterocycles. The lowest BCUT2D eigenvalue weighted by Gasteiger charge is -2.10. The van der Waals surface area contributed by atoms with Crippen molar-refractivity contribution in [2.45, 2.75) is 25.2 Å². The molecule has 0 aliphatic carbocycles. The van der Waals surface area contributed by atoms with E-state index in [9.17, 15) is 4.79 Å². The zero-order chi connectivity index (χ0) is 22.2. The number of allylic oxidation sites excluding steroid dienone is 1. The fraction of sp³-hybridized carbons (Fsp3) is 0.227. The first kappa shape index (κ1) is 22.7. The Hall–Kier alpha value is -2.97. The third-order valence-corrected chi connectivity index (χ3v) is 5.64. The molecule has 0 unspecified atom stereocenters. The Balaban J connectivity index is 1.60. The number of amides is 1. The predicted molar refractivity (Wildman–Crippen MR) is 126 cm³/mol. The number of thioether (sulfide) groups is 1. The van der Waals surface area contributed by atoms with E-state index in [-0.39, 0.29) is 11.7 Å². The van der Waals surface area contributed by atoms with Crippen LogP contribution in [0, 0.1) is 6.92 Å². The molecule has 162 valence electrons. The summed E-state index contributed by atoms with van der Waals surface area (Å²) < 4.78 is 7.06. The van der Waals surface area contributed by atoms with Gasteiger partial charge in [-0.25, -0.2) is 0 Å². The van der Waals surface area contributed by atoms with Crippen LogP contribution in [0.1, 0.15) is 11.4 Å². The molecule has 1 amide bonds. The first-order valence-electron chi connectivity index (χ1n) is 9.60. The number of nitrogens with zero attached hydrogens (tertiary/aromatic N) is 3. The van der Waals surface area contributed by atoms with E-state index in [1.54, 1.807) is 31.4 Å². The Morgan fingerprint density at radius 2 is 1.97 bits per heavy atom. The van der Waals surface area contributed by atoms with Crippen molar-refractivity contribution in [2.24, 2.45) is 0 Å². The zero-order valence-electron chi connectivity index (χ0n) is 17.4. The number of nitrogens with one attached hydrogen (secondary N) is 2. The Kier molecular flexibility index (Phi) is 7.97. The Morgan fingerprint density at radius 1 is 1.23 bits per heavy atom. The molecule has 3 rings (SSSR count). The first-order chi connectivity index (χ1) is 15.0. The van der Waals surface area contributed by atoms with Crippen LogP contribution in [0.25, 0.3) is 0 Å². The largest absolute Gasteiger partial charge is 0.495 e. The van der Waals surface area contributed by atoms with Gasteiger partial charge in [-0.15, -0.1) is 16.8 Å². The summed E-state index contributed by atoms with van der Waals surface area (Å²) in [4.78, 5) is 12.4. The van der Waals surface area contributed by atoms with Crippen LogP contribution in [0.5, 0.6) is 5.75 Å². The van der Waals surface area contributed by atoms with E-state index in [0.717, 1.165) is 11.5 Å². The normalized spacial score (nSPS) is 10.5. The summed E-state index contributed by atoms with van der Waals surface area (Å²) in [5, 5.41) is 15.8. The number of hydrogen-bond donors (Lipinski definition) is 2. The lowest BCUT2D eigenvalue weighted by atomic mass is 10.2. The van der Waals surface area contributed by atoms with Crippen molar-refractivity contribution in [2.75, 3.05) is 23.5 Å². The van der Waals surface area contributed by atoms with Crippen molar-refractivity contribution >= 4 is 40.6 Å². The van der Waals surface area contributed by atoms with Crippen molar-refractivity contribution in [3.05, 3.63) is 71.5 Å². The summed E-state index contributed by atoms with van der Waals surface area (Å²) in [6.45, 7) is 6.93. The highest BCUT2D eigenvalue weighted by atomic mass is 35.5. The standard InChI is InChI=1S/C22H24ClN5O2S/c1-4-11-28-20(13-24-16-7-5-15(2)6-8-16)26-27-22(28)31-14-21(29)25-17-9-10-19(30-3)18(23)12-17/h4-10,12,24H,1,11,13-14H2,2-3H3,(H,25,29). The van der Waals surface area contributed by atoms with Gasteiger partial charge in [0.05, 0.1) is 24.4 Å². The van der Waals surface area contributed by atoms with Crippen molar-refractivity contribution in [1.82, 2.24) is 14.8 Å². The van der Waals surface area contributed by atoms with Gasteiger partial charge in [-0.05, 0) is 37.3 Å². The molecule has 0 fully saturated rings. The molecule has 2 N–H and O–H groups in total. The molecule has 31 heavy (non-hydrogen) atoms. The van der Waals surface area contributed by atoms with Crippen LogP contribution in [0.15, 0.2) is 60.3 Å². The zero-order valence-corrected chi connectivity index (χ0v) is 19.0. The molecule has 2 aromatic carbocycles. The minimum Gasteiger partial charge on any atom is -0.495 e. The summed E-state index contributed by atoms with van der Waals surface area (Å²) in [7, 11) is 1.54. The maximum atomic E-state index is 12.4. The second-order valence-electron chi connectivity index (χ2n) is 6.70. The average Bonchev–Trinajstić information content (AvgIpc) is 3.14. The van der Waals surface area contributed by atoms with Gasteiger partial charge in [0, 0.05) is 17.9 Å². The van der Waals surface area contributed by atoms with Gasteiger partial charge in [-0.3, -0.25) is 4.79 Å². The highest BCUT2D eigenvalue weighted by Crippen LogP contribution is 2.27. The van der Waals surface area contributed by atoms with Crippen LogP contribution in [-0.4, -0.2) is 33.5 Å². The van der Waals surface area contributed by atoms with Gasteiger partial charge in [-0.2, -0.15) is 0 Å². The number of halogens is 1. The summed E-state index contributed by atoms with van der Waals surface area (Å²) >= 11 is 7.42. The van der Waals surface area contributed by atoms with E-state index >= 15 is 0 Å². The molecule has 0 aliphatic heterocycles. The van der Waals surface area contributed by atoms with Crippen molar-refractivity contribution in [1.29, 1.82) is 0 Å². The Labute approximate surface area is 190 Å². The Morgan fingerprint density at radius 3 is 2.65 bits per heavy atom. The number of anilines is 2. The highest BCUT2D eigenvalue weighted by molar-refractivity contribution is 7.99. The van der Waals surface area contributed by atoms with Crippen LogP contribution in [0.3, 0.4) is 0 Å². The van der Waals surface area contributed by atoms with Gasteiger partial charge < -0.3 is 19.9 Å².